The summed E-state index contributed by atoms with van der Waals surface area (Å²) in [4.78, 5) is 0.111. The lowest BCUT2D eigenvalue weighted by Gasteiger charge is -2.34. The molecular weight excluding hydrogens is 286 g/mol. The molecule has 5 heteroatoms. The fraction of sp³-hybridized carbons (Fsp3) is 0.250. The Labute approximate surface area is 124 Å². The number of hydrogen-bond donors (Lipinski definition) is 2. The third kappa shape index (κ3) is 2.18. The maximum Gasteiger partial charge on any atom is 0.252 e. The van der Waals surface area contributed by atoms with Gasteiger partial charge in [0.1, 0.15) is 0 Å². The Bertz CT molecular complexity index is 768. The van der Waals surface area contributed by atoms with E-state index in [9.17, 15) is 13.5 Å². The normalized spacial score (nSPS) is 21.8. The van der Waals surface area contributed by atoms with Crippen LogP contribution in [0.15, 0.2) is 53.4 Å². The SMILES string of the molecule is Cc1ccc(S(=O)(=O)C2(O)NCCc3ccccc32)cc1. The topological polar surface area (TPSA) is 66.4 Å². The van der Waals surface area contributed by atoms with Gasteiger partial charge < -0.3 is 5.11 Å². The summed E-state index contributed by atoms with van der Waals surface area (Å²) in [5, 5.41) is 11.6. The van der Waals surface area contributed by atoms with E-state index in [1.165, 1.54) is 12.1 Å². The molecule has 4 nitrogen and oxygen atoms in total. The monoisotopic (exact) mass is 303 g/mol. The molecular formula is C16H17NO3S. The van der Waals surface area contributed by atoms with Gasteiger partial charge in [0.25, 0.3) is 5.06 Å². The van der Waals surface area contributed by atoms with E-state index in [0.29, 0.717) is 18.5 Å². The second-order valence-corrected chi connectivity index (χ2v) is 7.36. The number of aryl methyl sites for hydroxylation is 1. The van der Waals surface area contributed by atoms with Gasteiger partial charge in [-0.3, -0.25) is 5.32 Å². The molecule has 0 spiro atoms. The summed E-state index contributed by atoms with van der Waals surface area (Å²) < 4.78 is 25.7. The number of nitrogens with one attached hydrogen (secondary N) is 1. The largest absolute Gasteiger partial charge is 0.359 e. The Morgan fingerprint density at radius 3 is 2.48 bits per heavy atom. The minimum absolute atomic E-state index is 0.111. The molecule has 1 aliphatic rings. The van der Waals surface area contributed by atoms with Gasteiger partial charge in [0.05, 0.1) is 4.90 Å². The van der Waals surface area contributed by atoms with Gasteiger partial charge >= 0.3 is 0 Å². The Balaban J connectivity index is 2.17. The lowest BCUT2D eigenvalue weighted by molar-refractivity contribution is 0.0792. The first-order chi connectivity index (χ1) is 9.95. The van der Waals surface area contributed by atoms with Crippen molar-refractivity contribution in [2.45, 2.75) is 23.3 Å². The smallest absolute Gasteiger partial charge is 0.252 e. The molecule has 3 rings (SSSR count). The fourth-order valence-electron chi connectivity index (χ4n) is 2.66. The average molecular weight is 303 g/mol. The molecule has 0 amide bonds. The van der Waals surface area contributed by atoms with Crippen molar-refractivity contribution in [3.63, 3.8) is 0 Å². The van der Waals surface area contributed by atoms with Crippen molar-refractivity contribution in [1.29, 1.82) is 0 Å². The second-order valence-electron chi connectivity index (χ2n) is 5.29. The first kappa shape index (κ1) is 14.3. The first-order valence-corrected chi connectivity index (χ1v) is 8.30. The van der Waals surface area contributed by atoms with Crippen LogP contribution in [0.2, 0.25) is 0 Å². The van der Waals surface area contributed by atoms with E-state index in [1.54, 1.807) is 24.3 Å². The Hall–Kier alpha value is -1.69. The number of rotatable bonds is 2. The van der Waals surface area contributed by atoms with Crippen molar-refractivity contribution < 1.29 is 13.5 Å². The third-order valence-corrected chi connectivity index (χ3v) is 5.90. The average Bonchev–Trinajstić information content (AvgIpc) is 2.48. The van der Waals surface area contributed by atoms with Crippen LogP contribution in [-0.2, 0) is 21.3 Å². The summed E-state index contributed by atoms with van der Waals surface area (Å²) in [7, 11) is -3.95. The Morgan fingerprint density at radius 2 is 1.76 bits per heavy atom. The minimum atomic E-state index is -3.95. The van der Waals surface area contributed by atoms with Gasteiger partial charge in [0.15, 0.2) is 0 Å². The third-order valence-electron chi connectivity index (χ3n) is 3.86. The molecule has 0 fully saturated rings. The van der Waals surface area contributed by atoms with Crippen LogP contribution in [0.4, 0.5) is 0 Å². The molecule has 110 valence electrons. The van der Waals surface area contributed by atoms with Crippen molar-refractivity contribution in [2.24, 2.45) is 0 Å². The van der Waals surface area contributed by atoms with Crippen molar-refractivity contribution in [3.05, 3.63) is 65.2 Å². The molecule has 1 unspecified atom stereocenters. The van der Waals surface area contributed by atoms with E-state index in [0.717, 1.165) is 11.1 Å². The summed E-state index contributed by atoms with van der Waals surface area (Å²) in [6.07, 6.45) is 0.696. The molecule has 21 heavy (non-hydrogen) atoms. The van der Waals surface area contributed by atoms with Crippen LogP contribution in [0.25, 0.3) is 0 Å². The molecule has 0 aromatic heterocycles. The molecule has 0 bridgehead atoms. The zero-order chi connectivity index (χ0) is 15.1. The van der Waals surface area contributed by atoms with Crippen LogP contribution in [-0.4, -0.2) is 20.1 Å². The Kier molecular flexibility index (Phi) is 3.36. The van der Waals surface area contributed by atoms with Crippen LogP contribution in [0.5, 0.6) is 0 Å². The number of hydrogen-bond acceptors (Lipinski definition) is 4. The molecule has 1 atom stereocenters. The quantitative estimate of drug-likeness (QED) is 0.886. The van der Waals surface area contributed by atoms with E-state index in [1.807, 2.05) is 19.1 Å². The molecule has 0 saturated carbocycles. The summed E-state index contributed by atoms with van der Waals surface area (Å²) in [5.74, 6) is 0. The molecule has 2 aromatic rings. The van der Waals surface area contributed by atoms with Crippen LogP contribution in [0, 0.1) is 6.92 Å². The van der Waals surface area contributed by atoms with E-state index < -0.39 is 14.9 Å². The van der Waals surface area contributed by atoms with Gasteiger partial charge in [0.2, 0.25) is 9.84 Å². The predicted molar refractivity (Wildman–Crippen MR) is 80.4 cm³/mol. The van der Waals surface area contributed by atoms with Gasteiger partial charge in [-0.25, -0.2) is 8.42 Å². The number of aliphatic hydroxyl groups is 1. The molecule has 0 saturated heterocycles. The van der Waals surface area contributed by atoms with Crippen molar-refractivity contribution >= 4 is 9.84 Å². The standard InChI is InChI=1S/C16H17NO3S/c1-12-6-8-14(9-7-12)21(19,20)16(18)15-5-3-2-4-13(15)10-11-17-16/h2-9,17-18H,10-11H2,1H3. The highest BCUT2D eigenvalue weighted by Crippen LogP contribution is 2.35. The van der Waals surface area contributed by atoms with Gasteiger partial charge in [-0.1, -0.05) is 42.0 Å². The van der Waals surface area contributed by atoms with E-state index in [4.69, 9.17) is 0 Å². The zero-order valence-corrected chi connectivity index (χ0v) is 12.5. The number of fused-ring (bicyclic) bond motifs is 1. The van der Waals surface area contributed by atoms with Crippen LogP contribution >= 0.6 is 0 Å². The highest BCUT2D eigenvalue weighted by molar-refractivity contribution is 7.92. The van der Waals surface area contributed by atoms with Crippen LogP contribution in [0.3, 0.4) is 0 Å². The van der Waals surface area contributed by atoms with E-state index in [2.05, 4.69) is 5.32 Å². The second kappa shape index (κ2) is 4.94. The predicted octanol–water partition coefficient (Wildman–Crippen LogP) is 1.72. The lowest BCUT2D eigenvalue weighted by Crippen LogP contribution is -2.52. The summed E-state index contributed by atoms with van der Waals surface area (Å²) in [6.45, 7) is 2.30. The van der Waals surface area contributed by atoms with Crippen LogP contribution < -0.4 is 5.32 Å². The van der Waals surface area contributed by atoms with Crippen LogP contribution in [0.1, 0.15) is 16.7 Å². The summed E-state index contributed by atoms with van der Waals surface area (Å²) in [5.41, 5.74) is 2.24. The Morgan fingerprint density at radius 1 is 1.10 bits per heavy atom. The molecule has 1 heterocycles. The number of sulfone groups is 1. The van der Waals surface area contributed by atoms with Gasteiger partial charge in [-0.2, -0.15) is 0 Å². The van der Waals surface area contributed by atoms with E-state index >= 15 is 0 Å². The van der Waals surface area contributed by atoms with Crippen molar-refractivity contribution in [1.82, 2.24) is 5.32 Å². The maximum absolute atomic E-state index is 12.9. The van der Waals surface area contributed by atoms with Gasteiger partial charge in [-0.05, 0) is 31.0 Å². The van der Waals surface area contributed by atoms with Crippen molar-refractivity contribution in [2.75, 3.05) is 6.54 Å². The first-order valence-electron chi connectivity index (χ1n) is 6.82. The molecule has 2 aromatic carbocycles. The van der Waals surface area contributed by atoms with E-state index in [-0.39, 0.29) is 4.90 Å². The van der Waals surface area contributed by atoms with Crippen molar-refractivity contribution in [3.8, 4) is 0 Å². The van der Waals surface area contributed by atoms with Gasteiger partial charge in [-0.15, -0.1) is 0 Å². The highest BCUT2D eigenvalue weighted by atomic mass is 32.2. The number of benzene rings is 2. The molecule has 0 aliphatic carbocycles. The minimum Gasteiger partial charge on any atom is -0.359 e. The fourth-order valence-corrected chi connectivity index (χ4v) is 4.27. The molecule has 2 N–H and O–H groups in total. The molecule has 0 radical (unpaired) electrons. The van der Waals surface area contributed by atoms with Gasteiger partial charge in [0, 0.05) is 12.1 Å². The highest BCUT2D eigenvalue weighted by Gasteiger charge is 2.47. The molecule has 1 aliphatic heterocycles. The maximum atomic E-state index is 12.9. The lowest BCUT2D eigenvalue weighted by atomic mass is 10.00. The zero-order valence-electron chi connectivity index (χ0n) is 11.7. The summed E-state index contributed by atoms with van der Waals surface area (Å²) >= 11 is 0. The summed E-state index contributed by atoms with van der Waals surface area (Å²) in [6, 6.07) is 13.6.